The molecule has 162 valence electrons. The lowest BCUT2D eigenvalue weighted by molar-refractivity contribution is -0.945. The van der Waals surface area contributed by atoms with E-state index in [9.17, 15) is 4.79 Å². The summed E-state index contributed by atoms with van der Waals surface area (Å²) in [4.78, 5) is 12.8. The maximum Gasteiger partial charge on any atom is 0.437 e. The summed E-state index contributed by atoms with van der Waals surface area (Å²) in [5.74, 6) is 1.03. The molecule has 3 saturated heterocycles. The highest BCUT2D eigenvalue weighted by molar-refractivity contribution is 6.34. The number of aromatic nitrogens is 2. The van der Waals surface area contributed by atoms with Crippen LogP contribution in [0.15, 0.2) is 15.3 Å². The number of fused-ring (bicyclic) bond motifs is 4. The molecular weight excluding hydrogens is 408 g/mol. The molecule has 2 aromatic rings. The number of benzene rings is 1. The fourth-order valence-electron chi connectivity index (χ4n) is 5.30. The summed E-state index contributed by atoms with van der Waals surface area (Å²) < 4.78 is 19.7. The Hall–Kier alpha value is -2.19. The first-order chi connectivity index (χ1) is 14.5. The molecule has 2 N–H and O–H groups in total. The van der Waals surface area contributed by atoms with E-state index in [-0.39, 0.29) is 11.9 Å². The minimum Gasteiger partial charge on any atom is -0.485 e. The molecule has 0 spiro atoms. The number of hydrogen-bond donors (Lipinski definition) is 1. The number of piperidine rings is 3. The van der Waals surface area contributed by atoms with Crippen LogP contribution in [0.4, 0.5) is 5.69 Å². The molecule has 4 aliphatic rings. The molecule has 0 unspecified atom stereocenters. The van der Waals surface area contributed by atoms with Crippen molar-refractivity contribution < 1.29 is 18.4 Å². The van der Waals surface area contributed by atoms with Crippen molar-refractivity contribution in [3.05, 3.63) is 21.6 Å². The molecule has 8 nitrogen and oxygen atoms in total. The van der Waals surface area contributed by atoms with Gasteiger partial charge in [0.05, 0.1) is 35.9 Å². The summed E-state index contributed by atoms with van der Waals surface area (Å²) in [5.41, 5.74) is 6.85. The predicted molar refractivity (Wildman–Crippen MR) is 113 cm³/mol. The number of hydrogen-bond acceptors (Lipinski definition) is 6. The van der Waals surface area contributed by atoms with Crippen LogP contribution < -0.4 is 21.0 Å². The summed E-state index contributed by atoms with van der Waals surface area (Å²) in [5, 5.41) is 4.92. The smallest absolute Gasteiger partial charge is 0.437 e. The van der Waals surface area contributed by atoms with Crippen LogP contribution in [0.5, 0.6) is 11.5 Å². The Morgan fingerprint density at radius 3 is 2.73 bits per heavy atom. The van der Waals surface area contributed by atoms with Gasteiger partial charge in [-0.05, 0) is 18.4 Å². The molecule has 1 aromatic heterocycles. The standard InChI is InChI=1S/C21H28ClN4O4/c1-2-3-6-26-7-4-13(5-8-26)16(12-26)25-21(27)30-20(24-25)14-11-15(22)17(23)19-18(14)28-9-10-29-19/h11,13,16H,2-10,12,23H2,1H3/q+1/t13?,16-,26?/m0/s1. The molecule has 1 atom stereocenters. The topological polar surface area (TPSA) is 92.5 Å². The third-order valence-electron chi connectivity index (χ3n) is 6.97. The molecule has 0 radical (unpaired) electrons. The van der Waals surface area contributed by atoms with E-state index in [4.69, 9.17) is 31.2 Å². The number of nitrogens with zero attached hydrogens (tertiary/aromatic N) is 3. The maximum atomic E-state index is 12.8. The molecule has 3 fully saturated rings. The van der Waals surface area contributed by atoms with Gasteiger partial charge in [-0.25, -0.2) is 4.79 Å². The van der Waals surface area contributed by atoms with Gasteiger partial charge in [-0.1, -0.05) is 24.9 Å². The Kier molecular flexibility index (Phi) is 4.94. The van der Waals surface area contributed by atoms with Gasteiger partial charge in [-0.15, -0.1) is 5.10 Å². The molecular formula is C21H28ClN4O4+. The molecule has 2 bridgehead atoms. The van der Waals surface area contributed by atoms with Crippen LogP contribution in [0.3, 0.4) is 0 Å². The fourth-order valence-corrected chi connectivity index (χ4v) is 5.49. The molecule has 1 aromatic carbocycles. The molecule has 4 aliphatic heterocycles. The van der Waals surface area contributed by atoms with Gasteiger partial charge >= 0.3 is 5.76 Å². The minimum absolute atomic E-state index is 0.0617. The second kappa shape index (κ2) is 7.50. The van der Waals surface area contributed by atoms with E-state index in [1.54, 1.807) is 10.7 Å². The number of unbranched alkanes of at least 4 members (excludes halogenated alkanes) is 1. The minimum atomic E-state index is -0.434. The molecule has 0 amide bonds. The van der Waals surface area contributed by atoms with Crippen molar-refractivity contribution in [1.29, 1.82) is 0 Å². The van der Waals surface area contributed by atoms with Crippen LogP contribution in [0, 0.1) is 5.92 Å². The van der Waals surface area contributed by atoms with Gasteiger partial charge in [-0.3, -0.25) is 0 Å². The lowest BCUT2D eigenvalue weighted by Crippen LogP contribution is -2.62. The van der Waals surface area contributed by atoms with Gasteiger partial charge in [0.25, 0.3) is 5.89 Å². The van der Waals surface area contributed by atoms with Gasteiger partial charge in [0.15, 0.2) is 11.5 Å². The zero-order chi connectivity index (χ0) is 20.9. The SMILES string of the molecule is CCCC[N+]12CCC(CC1)[C@@H](n1nc(-c3cc(Cl)c(N)c4c3OCCO4)oc1=O)C2. The summed E-state index contributed by atoms with van der Waals surface area (Å²) in [6, 6.07) is 1.69. The number of nitrogens with two attached hydrogens (primary N) is 1. The second-order valence-electron chi connectivity index (χ2n) is 8.75. The number of anilines is 1. The normalized spacial score (nSPS) is 27.4. The number of nitrogen functional groups attached to an aromatic ring is 1. The Morgan fingerprint density at radius 2 is 2.00 bits per heavy atom. The Labute approximate surface area is 180 Å². The van der Waals surface area contributed by atoms with Crippen molar-refractivity contribution in [2.45, 2.75) is 38.6 Å². The molecule has 6 rings (SSSR count). The first-order valence-electron chi connectivity index (χ1n) is 10.8. The van der Waals surface area contributed by atoms with E-state index in [1.807, 2.05) is 0 Å². The van der Waals surface area contributed by atoms with E-state index in [0.29, 0.717) is 46.9 Å². The number of ether oxygens (including phenoxy) is 2. The summed E-state index contributed by atoms with van der Waals surface area (Å²) in [7, 11) is 0. The van der Waals surface area contributed by atoms with Crippen LogP contribution in [0.25, 0.3) is 11.5 Å². The highest BCUT2D eigenvalue weighted by Crippen LogP contribution is 2.47. The molecule has 5 heterocycles. The van der Waals surface area contributed by atoms with Gasteiger partial charge in [0, 0.05) is 12.8 Å². The van der Waals surface area contributed by atoms with Gasteiger partial charge in [0.1, 0.15) is 25.8 Å². The van der Waals surface area contributed by atoms with E-state index < -0.39 is 5.76 Å². The van der Waals surface area contributed by atoms with Gasteiger partial charge in [-0.2, -0.15) is 4.68 Å². The van der Waals surface area contributed by atoms with Gasteiger partial charge < -0.3 is 24.1 Å². The van der Waals surface area contributed by atoms with Crippen LogP contribution in [0.1, 0.15) is 38.6 Å². The largest absolute Gasteiger partial charge is 0.485 e. The van der Waals surface area contributed by atoms with Crippen LogP contribution in [-0.2, 0) is 0 Å². The van der Waals surface area contributed by atoms with Crippen molar-refractivity contribution in [3.8, 4) is 23.0 Å². The average Bonchev–Trinajstić information content (AvgIpc) is 3.17. The molecule has 0 saturated carbocycles. The Balaban J connectivity index is 1.51. The Bertz CT molecular complexity index is 1010. The van der Waals surface area contributed by atoms with Crippen LogP contribution in [0.2, 0.25) is 5.02 Å². The van der Waals surface area contributed by atoms with Crippen molar-refractivity contribution in [3.63, 3.8) is 0 Å². The highest BCUT2D eigenvalue weighted by Gasteiger charge is 2.47. The monoisotopic (exact) mass is 435 g/mol. The number of rotatable bonds is 5. The lowest BCUT2D eigenvalue weighted by atomic mass is 9.81. The van der Waals surface area contributed by atoms with Crippen molar-refractivity contribution >= 4 is 17.3 Å². The van der Waals surface area contributed by atoms with E-state index in [2.05, 4.69) is 12.0 Å². The summed E-state index contributed by atoms with van der Waals surface area (Å²) in [6.45, 7) is 7.51. The first kappa shape index (κ1) is 19.8. The third-order valence-corrected chi connectivity index (χ3v) is 7.28. The number of quaternary nitrogens is 1. The zero-order valence-corrected chi connectivity index (χ0v) is 18.0. The van der Waals surface area contributed by atoms with E-state index in [0.717, 1.165) is 23.9 Å². The predicted octanol–water partition coefficient (Wildman–Crippen LogP) is 3.09. The van der Waals surface area contributed by atoms with Crippen molar-refractivity contribution in [2.75, 3.05) is 45.1 Å². The maximum absolute atomic E-state index is 12.8. The van der Waals surface area contributed by atoms with Crippen LogP contribution >= 0.6 is 11.6 Å². The molecule has 9 heteroatoms. The average molecular weight is 436 g/mol. The third kappa shape index (κ3) is 3.17. The quantitative estimate of drug-likeness (QED) is 0.573. The van der Waals surface area contributed by atoms with Crippen LogP contribution in [-0.4, -0.2) is 53.7 Å². The first-order valence-corrected chi connectivity index (χ1v) is 11.2. The van der Waals surface area contributed by atoms with Crippen molar-refractivity contribution in [1.82, 2.24) is 9.78 Å². The number of halogens is 1. The van der Waals surface area contributed by atoms with E-state index >= 15 is 0 Å². The van der Waals surface area contributed by atoms with Crippen molar-refractivity contribution in [2.24, 2.45) is 5.92 Å². The second-order valence-corrected chi connectivity index (χ2v) is 9.15. The summed E-state index contributed by atoms with van der Waals surface area (Å²) >= 11 is 6.30. The highest BCUT2D eigenvalue weighted by atomic mass is 35.5. The molecule has 0 aliphatic carbocycles. The van der Waals surface area contributed by atoms with E-state index in [1.165, 1.54) is 32.5 Å². The van der Waals surface area contributed by atoms with Gasteiger partial charge in [0.2, 0.25) is 0 Å². The molecule has 30 heavy (non-hydrogen) atoms. The Morgan fingerprint density at radius 1 is 1.27 bits per heavy atom. The lowest BCUT2D eigenvalue weighted by Gasteiger charge is -2.52. The summed E-state index contributed by atoms with van der Waals surface area (Å²) in [6.07, 6.45) is 4.66. The zero-order valence-electron chi connectivity index (χ0n) is 17.2. The fraction of sp³-hybridized carbons (Fsp3) is 0.619.